The fourth-order valence-electron chi connectivity index (χ4n) is 5.68. The first kappa shape index (κ1) is 32.2. The van der Waals surface area contributed by atoms with Crippen molar-refractivity contribution in [3.8, 4) is 16.9 Å². The van der Waals surface area contributed by atoms with Crippen LogP contribution in [0.15, 0.2) is 137 Å². The molecule has 0 bridgehead atoms. The summed E-state index contributed by atoms with van der Waals surface area (Å²) in [7, 11) is 0. The maximum Gasteiger partial charge on any atom is 0.252 e. The second-order valence-corrected chi connectivity index (χ2v) is 12.2. The fraction of sp³-hybridized carbons (Fsp3) is 0.179. The van der Waals surface area contributed by atoms with Crippen molar-refractivity contribution in [2.75, 3.05) is 13.2 Å². The Morgan fingerprint density at radius 3 is 2.30 bits per heavy atom. The second kappa shape index (κ2) is 14.8. The van der Waals surface area contributed by atoms with Gasteiger partial charge in [-0.3, -0.25) is 4.79 Å². The smallest absolute Gasteiger partial charge is 0.252 e. The van der Waals surface area contributed by atoms with Crippen LogP contribution in [0.2, 0.25) is 0 Å². The van der Waals surface area contributed by atoms with Gasteiger partial charge in [-0.25, -0.2) is 9.38 Å². The molecule has 8 heteroatoms. The van der Waals surface area contributed by atoms with Gasteiger partial charge in [-0.1, -0.05) is 101 Å². The molecule has 47 heavy (non-hydrogen) atoms. The maximum atomic E-state index is 14.5. The number of hydrogen-bond donors (Lipinski definition) is 2. The molecule has 5 aromatic rings. The zero-order chi connectivity index (χ0) is 32.6. The van der Waals surface area contributed by atoms with Gasteiger partial charge in [0.1, 0.15) is 11.6 Å². The molecule has 2 atom stereocenters. The van der Waals surface area contributed by atoms with Crippen molar-refractivity contribution in [2.45, 2.75) is 31.0 Å². The van der Waals surface area contributed by atoms with E-state index in [-0.39, 0.29) is 31.3 Å². The third-order valence-corrected chi connectivity index (χ3v) is 8.88. The molecule has 0 spiro atoms. The predicted molar refractivity (Wildman–Crippen MR) is 185 cm³/mol. The Balaban J connectivity index is 1.41. The summed E-state index contributed by atoms with van der Waals surface area (Å²) >= 11 is 3.67. The number of amides is 1. The minimum Gasteiger partial charge on any atom is -0.494 e. The minimum atomic E-state index is -1.41. The van der Waals surface area contributed by atoms with Crippen LogP contribution in [0.5, 0.6) is 5.75 Å². The van der Waals surface area contributed by atoms with Crippen LogP contribution >= 0.6 is 15.9 Å². The summed E-state index contributed by atoms with van der Waals surface area (Å²) in [5, 5.41) is 12.1. The van der Waals surface area contributed by atoms with Crippen LogP contribution in [-0.4, -0.2) is 35.7 Å². The van der Waals surface area contributed by atoms with E-state index < -0.39 is 11.6 Å². The first-order valence-electron chi connectivity index (χ1n) is 15.5. The molecular weight excluding hydrogens is 659 g/mol. The monoisotopic (exact) mass is 692 g/mol. The quantitative estimate of drug-likeness (QED) is 0.131. The van der Waals surface area contributed by atoms with Gasteiger partial charge < -0.3 is 19.9 Å². The Bertz CT molecular complexity index is 1850. The van der Waals surface area contributed by atoms with Crippen LogP contribution in [0.25, 0.3) is 11.1 Å². The molecule has 1 amide bonds. The third-order valence-electron chi connectivity index (χ3n) is 8.11. The van der Waals surface area contributed by atoms with E-state index >= 15 is 0 Å². The van der Waals surface area contributed by atoms with Gasteiger partial charge in [0.25, 0.3) is 5.91 Å². The molecule has 0 radical (unpaired) electrons. The topological polar surface area (TPSA) is 80.2 Å². The SMILES string of the molecule is O=C(NCc1cccc(F)c1)[C@]1(Cc2ccccc2Br)N=C(c2ccc(OCCCO)cc2)O[C@@H]1c1ccc(-c2ccccc2)cc1. The molecule has 0 aromatic heterocycles. The van der Waals surface area contributed by atoms with Crippen LogP contribution in [0, 0.1) is 5.82 Å². The van der Waals surface area contributed by atoms with Crippen molar-refractivity contribution in [3.63, 3.8) is 0 Å². The number of aliphatic hydroxyl groups excluding tert-OH is 1. The lowest BCUT2D eigenvalue weighted by Crippen LogP contribution is -2.49. The molecule has 0 saturated carbocycles. The van der Waals surface area contributed by atoms with Crippen molar-refractivity contribution in [1.82, 2.24) is 5.32 Å². The van der Waals surface area contributed by atoms with E-state index in [9.17, 15) is 9.18 Å². The average molecular weight is 694 g/mol. The molecular formula is C39H34BrFN2O4. The number of carbonyl (C=O) groups is 1. The summed E-state index contributed by atoms with van der Waals surface area (Å²) in [6.07, 6.45) is -0.00671. The van der Waals surface area contributed by atoms with Crippen molar-refractivity contribution >= 4 is 27.7 Å². The van der Waals surface area contributed by atoms with E-state index in [4.69, 9.17) is 19.6 Å². The number of ether oxygens (including phenoxy) is 2. The predicted octanol–water partition coefficient (Wildman–Crippen LogP) is 7.83. The molecule has 6 rings (SSSR count). The van der Waals surface area contributed by atoms with Crippen molar-refractivity contribution in [1.29, 1.82) is 0 Å². The van der Waals surface area contributed by atoms with Gasteiger partial charge in [0.15, 0.2) is 11.6 Å². The number of aliphatic imine (C=N–C) groups is 1. The molecule has 0 unspecified atom stereocenters. The lowest BCUT2D eigenvalue weighted by molar-refractivity contribution is -0.129. The third kappa shape index (κ3) is 7.45. The van der Waals surface area contributed by atoms with Gasteiger partial charge in [-0.15, -0.1) is 0 Å². The summed E-state index contributed by atoms with van der Waals surface area (Å²) in [6.45, 7) is 0.574. The van der Waals surface area contributed by atoms with Crippen molar-refractivity contribution in [3.05, 3.63) is 160 Å². The first-order chi connectivity index (χ1) is 22.9. The number of rotatable bonds is 12. The van der Waals surface area contributed by atoms with Gasteiger partial charge in [0.05, 0.1) is 6.61 Å². The number of nitrogens with one attached hydrogen (secondary N) is 1. The van der Waals surface area contributed by atoms with Gasteiger partial charge in [-0.05, 0) is 70.3 Å². The fourth-order valence-corrected chi connectivity index (χ4v) is 6.10. The van der Waals surface area contributed by atoms with Gasteiger partial charge >= 0.3 is 0 Å². The summed E-state index contributed by atoms with van der Waals surface area (Å²) in [5.74, 6) is 0.274. The molecule has 1 aliphatic rings. The average Bonchev–Trinajstić information content (AvgIpc) is 3.49. The van der Waals surface area contributed by atoms with Crippen LogP contribution in [0.1, 0.15) is 34.8 Å². The number of hydrogen-bond acceptors (Lipinski definition) is 5. The zero-order valence-corrected chi connectivity index (χ0v) is 27.2. The largest absolute Gasteiger partial charge is 0.494 e. The van der Waals surface area contributed by atoms with E-state index in [0.717, 1.165) is 26.7 Å². The standard InChI is InChI=1S/C39H34BrFN2O4/c40-35-13-5-4-11-32(35)25-39(38(45)42-26-27-8-6-12-33(41)24-27)36(30-16-14-29(15-17-30)28-9-2-1-3-10-28)47-37(43-39)31-18-20-34(21-19-31)46-23-7-22-44/h1-6,8-21,24,36,44H,7,22-23,25-26H2,(H,42,45)/t36-,39-/m1/s1. The Kier molecular flexibility index (Phi) is 10.1. The Morgan fingerprint density at radius 1 is 0.872 bits per heavy atom. The summed E-state index contributed by atoms with van der Waals surface area (Å²) < 4.78 is 27.3. The molecule has 5 aromatic carbocycles. The molecule has 0 saturated heterocycles. The number of halogens is 2. The normalized spacial score (nSPS) is 17.1. The summed E-state index contributed by atoms with van der Waals surface area (Å²) in [5.41, 5.74) is 3.72. The van der Waals surface area contributed by atoms with Gasteiger partial charge in [-0.2, -0.15) is 0 Å². The van der Waals surface area contributed by atoms with Gasteiger partial charge in [0.2, 0.25) is 5.90 Å². The van der Waals surface area contributed by atoms with Crippen LogP contribution in [0.4, 0.5) is 4.39 Å². The van der Waals surface area contributed by atoms with Gasteiger partial charge in [0, 0.05) is 36.0 Å². The Morgan fingerprint density at radius 2 is 1.57 bits per heavy atom. The highest BCUT2D eigenvalue weighted by molar-refractivity contribution is 9.10. The number of nitrogens with zero attached hydrogens (tertiary/aromatic N) is 1. The molecule has 1 aliphatic heterocycles. The lowest BCUT2D eigenvalue weighted by Gasteiger charge is -2.31. The summed E-state index contributed by atoms with van der Waals surface area (Å²) in [4.78, 5) is 19.7. The highest BCUT2D eigenvalue weighted by Gasteiger charge is 2.53. The molecule has 0 fully saturated rings. The highest BCUT2D eigenvalue weighted by Crippen LogP contribution is 2.44. The van der Waals surface area contributed by atoms with Crippen molar-refractivity contribution < 1.29 is 23.8 Å². The maximum absolute atomic E-state index is 14.5. The number of carbonyl (C=O) groups excluding carboxylic acids is 1. The summed E-state index contributed by atoms with van der Waals surface area (Å²) in [6, 6.07) is 39.4. The molecule has 238 valence electrons. The van der Waals surface area contributed by atoms with Crippen LogP contribution in [0.3, 0.4) is 0 Å². The molecule has 0 aliphatic carbocycles. The van der Waals surface area contributed by atoms with E-state index in [1.165, 1.54) is 12.1 Å². The van der Waals surface area contributed by atoms with E-state index in [2.05, 4.69) is 33.4 Å². The number of benzene rings is 5. The van der Waals surface area contributed by atoms with Crippen LogP contribution in [-0.2, 0) is 22.5 Å². The highest BCUT2D eigenvalue weighted by atomic mass is 79.9. The Hall–Kier alpha value is -4.79. The van der Waals surface area contributed by atoms with E-state index in [0.29, 0.717) is 35.8 Å². The lowest BCUT2D eigenvalue weighted by atomic mass is 9.81. The van der Waals surface area contributed by atoms with E-state index in [1.54, 1.807) is 12.1 Å². The zero-order valence-electron chi connectivity index (χ0n) is 25.6. The minimum absolute atomic E-state index is 0.0529. The van der Waals surface area contributed by atoms with Crippen LogP contribution < -0.4 is 10.1 Å². The van der Waals surface area contributed by atoms with E-state index in [1.807, 2.05) is 91.0 Å². The second-order valence-electron chi connectivity index (χ2n) is 11.4. The van der Waals surface area contributed by atoms with Crippen molar-refractivity contribution in [2.24, 2.45) is 4.99 Å². The molecule has 6 nitrogen and oxygen atoms in total. The molecule has 1 heterocycles. The first-order valence-corrected chi connectivity index (χ1v) is 16.3. The number of aliphatic hydroxyl groups is 1. The molecule has 2 N–H and O–H groups in total. The Labute approximate surface area is 282 Å².